The summed E-state index contributed by atoms with van der Waals surface area (Å²) in [5, 5.41) is 0.767. The fourth-order valence-corrected chi connectivity index (χ4v) is 5.68. The third-order valence-electron chi connectivity index (χ3n) is 8.04. The number of fused-ring (bicyclic) bond motifs is 3. The molecule has 0 bridgehead atoms. The average Bonchev–Trinajstić information content (AvgIpc) is 3.40. The Bertz CT molecular complexity index is 1500. The van der Waals surface area contributed by atoms with E-state index in [2.05, 4.69) is 33.9 Å². The summed E-state index contributed by atoms with van der Waals surface area (Å²) in [6, 6.07) is 7.72. The number of aromatic nitrogens is 4. The second-order valence-electron chi connectivity index (χ2n) is 10.3. The van der Waals surface area contributed by atoms with E-state index in [4.69, 9.17) is 4.74 Å². The van der Waals surface area contributed by atoms with E-state index in [1.807, 2.05) is 22.8 Å². The molecule has 2 atom stereocenters. The minimum Gasteiger partial charge on any atom is -0.381 e. The van der Waals surface area contributed by atoms with Crippen LogP contribution in [0.3, 0.4) is 0 Å². The summed E-state index contributed by atoms with van der Waals surface area (Å²) in [5.41, 5.74) is 3.15. The first-order valence-corrected chi connectivity index (χ1v) is 12.5. The molecule has 6 rings (SSSR count). The molecule has 36 heavy (non-hydrogen) atoms. The van der Waals surface area contributed by atoms with E-state index in [1.165, 1.54) is 6.07 Å². The van der Waals surface area contributed by atoms with Gasteiger partial charge in [0.05, 0.1) is 28.9 Å². The molecule has 0 N–H and O–H groups in total. The van der Waals surface area contributed by atoms with Gasteiger partial charge in [0.25, 0.3) is 0 Å². The topological polar surface area (TPSA) is 68.4 Å². The number of hydrogen-bond acceptors (Lipinski definition) is 6. The van der Waals surface area contributed by atoms with Crippen LogP contribution in [0.1, 0.15) is 25.3 Å². The van der Waals surface area contributed by atoms with Crippen molar-refractivity contribution in [2.45, 2.75) is 37.5 Å². The largest absolute Gasteiger partial charge is 0.381 e. The van der Waals surface area contributed by atoms with E-state index in [9.17, 15) is 4.79 Å². The standard InChI is InChI=1S/C27H31FN6O2/c1-31(2)18-14-33(15-18)25-8-5-16(12-30-25)20-10-21-23(11-22(20)28)29-13-24-26(21)34(27(35)32(24)3)17-6-7-19(9-17)36-4/h5,8,10-13,17-19H,6-7,9,14-15H2,1-4H3. The van der Waals surface area contributed by atoms with Crippen LogP contribution < -0.4 is 10.6 Å². The zero-order valence-corrected chi connectivity index (χ0v) is 21.1. The highest BCUT2D eigenvalue weighted by atomic mass is 19.1. The van der Waals surface area contributed by atoms with Gasteiger partial charge in [-0.2, -0.15) is 0 Å². The second-order valence-corrected chi connectivity index (χ2v) is 10.3. The highest BCUT2D eigenvalue weighted by Gasteiger charge is 2.31. The van der Waals surface area contributed by atoms with Crippen molar-refractivity contribution in [3.63, 3.8) is 0 Å². The molecular formula is C27H31FN6O2. The van der Waals surface area contributed by atoms with Crippen LogP contribution in [0.2, 0.25) is 0 Å². The molecule has 1 saturated heterocycles. The Morgan fingerprint density at radius 1 is 1.11 bits per heavy atom. The molecule has 1 aliphatic heterocycles. The van der Waals surface area contributed by atoms with Crippen molar-refractivity contribution in [2.24, 2.45) is 7.05 Å². The number of methoxy groups -OCH3 is 1. The lowest BCUT2D eigenvalue weighted by atomic mass is 10.0. The lowest BCUT2D eigenvalue weighted by Gasteiger charge is -2.43. The van der Waals surface area contributed by atoms with Gasteiger partial charge in [0.15, 0.2) is 0 Å². The minimum absolute atomic E-state index is 0.0359. The monoisotopic (exact) mass is 490 g/mol. The average molecular weight is 491 g/mol. The van der Waals surface area contributed by atoms with Crippen LogP contribution in [0.5, 0.6) is 0 Å². The number of nitrogens with zero attached hydrogens (tertiary/aromatic N) is 6. The third-order valence-corrected chi connectivity index (χ3v) is 8.04. The smallest absolute Gasteiger partial charge is 0.329 e. The first-order valence-electron chi connectivity index (χ1n) is 12.5. The SMILES string of the molecule is COC1CCC(n2c(=O)n(C)c3cnc4cc(F)c(-c5ccc(N6CC(N(C)C)C6)nc5)cc4c32)C1. The summed E-state index contributed by atoms with van der Waals surface area (Å²) < 4.78 is 24.4. The summed E-state index contributed by atoms with van der Waals surface area (Å²) in [6.07, 6.45) is 6.10. The molecule has 4 aromatic rings. The van der Waals surface area contributed by atoms with Crippen LogP contribution in [0.15, 0.2) is 41.5 Å². The van der Waals surface area contributed by atoms with Gasteiger partial charge in [-0.3, -0.25) is 14.1 Å². The van der Waals surface area contributed by atoms with Crippen molar-refractivity contribution in [2.75, 3.05) is 39.2 Å². The van der Waals surface area contributed by atoms with E-state index in [-0.39, 0.29) is 23.7 Å². The maximum absolute atomic E-state index is 15.3. The van der Waals surface area contributed by atoms with Gasteiger partial charge >= 0.3 is 5.69 Å². The highest BCUT2D eigenvalue weighted by Crippen LogP contribution is 2.36. The number of halogens is 1. The third kappa shape index (κ3) is 3.60. The Kier molecular flexibility index (Phi) is 5.57. The number of hydrogen-bond donors (Lipinski definition) is 0. The number of pyridine rings is 2. The molecule has 9 heteroatoms. The first-order chi connectivity index (χ1) is 17.4. The molecule has 8 nitrogen and oxygen atoms in total. The van der Waals surface area contributed by atoms with Crippen molar-refractivity contribution in [3.05, 3.63) is 53.0 Å². The van der Waals surface area contributed by atoms with E-state index in [0.29, 0.717) is 22.7 Å². The summed E-state index contributed by atoms with van der Waals surface area (Å²) >= 11 is 0. The predicted molar refractivity (Wildman–Crippen MR) is 139 cm³/mol. The Morgan fingerprint density at radius 3 is 2.58 bits per heavy atom. The van der Waals surface area contributed by atoms with Gasteiger partial charge in [-0.1, -0.05) is 0 Å². The molecule has 2 unspecified atom stereocenters. The Balaban J connectivity index is 1.43. The summed E-state index contributed by atoms with van der Waals surface area (Å²) in [7, 11) is 7.65. The van der Waals surface area contributed by atoms with Crippen molar-refractivity contribution in [1.82, 2.24) is 24.0 Å². The summed E-state index contributed by atoms with van der Waals surface area (Å²) in [4.78, 5) is 26.9. The number of ether oxygens (including phenoxy) is 1. The molecule has 0 radical (unpaired) electrons. The molecule has 1 saturated carbocycles. The molecule has 0 amide bonds. The molecule has 0 spiro atoms. The van der Waals surface area contributed by atoms with Crippen molar-refractivity contribution >= 4 is 27.8 Å². The Labute approximate surface area is 208 Å². The van der Waals surface area contributed by atoms with Gasteiger partial charge < -0.3 is 14.5 Å². The van der Waals surface area contributed by atoms with E-state index in [0.717, 1.165) is 54.6 Å². The molecule has 3 aromatic heterocycles. The zero-order chi connectivity index (χ0) is 25.1. The lowest BCUT2D eigenvalue weighted by Crippen LogP contribution is -2.57. The number of anilines is 1. The molecule has 2 fully saturated rings. The zero-order valence-electron chi connectivity index (χ0n) is 21.1. The number of aryl methyl sites for hydroxylation is 1. The van der Waals surface area contributed by atoms with Crippen LogP contribution in [0.4, 0.5) is 10.2 Å². The van der Waals surface area contributed by atoms with Crippen LogP contribution in [-0.4, -0.2) is 70.4 Å². The first kappa shape index (κ1) is 23.1. The Morgan fingerprint density at radius 2 is 1.92 bits per heavy atom. The van der Waals surface area contributed by atoms with Gasteiger partial charge in [0.2, 0.25) is 0 Å². The number of imidazole rings is 1. The second kappa shape index (κ2) is 8.67. The van der Waals surface area contributed by atoms with Gasteiger partial charge in [0, 0.05) is 68.1 Å². The molecule has 4 heterocycles. The van der Waals surface area contributed by atoms with Crippen molar-refractivity contribution < 1.29 is 9.13 Å². The fourth-order valence-electron chi connectivity index (χ4n) is 5.68. The maximum atomic E-state index is 15.3. The lowest BCUT2D eigenvalue weighted by molar-refractivity contribution is 0.106. The van der Waals surface area contributed by atoms with Crippen molar-refractivity contribution in [3.8, 4) is 11.1 Å². The van der Waals surface area contributed by atoms with Crippen LogP contribution in [0, 0.1) is 5.82 Å². The number of benzene rings is 1. The normalized spacial score (nSPS) is 20.7. The summed E-state index contributed by atoms with van der Waals surface area (Å²) in [5.74, 6) is 0.540. The highest BCUT2D eigenvalue weighted by molar-refractivity contribution is 6.04. The molecular weight excluding hydrogens is 459 g/mol. The maximum Gasteiger partial charge on any atom is 0.329 e. The quantitative estimate of drug-likeness (QED) is 0.426. The van der Waals surface area contributed by atoms with Gasteiger partial charge in [-0.25, -0.2) is 14.2 Å². The molecule has 1 aliphatic carbocycles. The Hall–Kier alpha value is -3.30. The van der Waals surface area contributed by atoms with Gasteiger partial charge in [-0.05, 0) is 51.6 Å². The fraction of sp³-hybridized carbons (Fsp3) is 0.444. The molecule has 188 valence electrons. The van der Waals surface area contributed by atoms with E-state index in [1.54, 1.807) is 31.1 Å². The van der Waals surface area contributed by atoms with Crippen molar-refractivity contribution in [1.29, 1.82) is 0 Å². The number of rotatable bonds is 5. The van der Waals surface area contributed by atoms with E-state index < -0.39 is 0 Å². The minimum atomic E-state index is -0.356. The number of likely N-dealkylation sites (N-methyl/N-ethyl adjacent to an activating group) is 1. The molecule has 2 aliphatic rings. The predicted octanol–water partition coefficient (Wildman–Crippen LogP) is 3.58. The van der Waals surface area contributed by atoms with Crippen LogP contribution >= 0.6 is 0 Å². The van der Waals surface area contributed by atoms with Gasteiger partial charge in [0.1, 0.15) is 11.6 Å². The van der Waals surface area contributed by atoms with E-state index >= 15 is 4.39 Å². The van der Waals surface area contributed by atoms with Crippen LogP contribution in [-0.2, 0) is 11.8 Å². The van der Waals surface area contributed by atoms with Gasteiger partial charge in [-0.15, -0.1) is 0 Å². The summed E-state index contributed by atoms with van der Waals surface area (Å²) in [6.45, 7) is 1.87. The van der Waals surface area contributed by atoms with Crippen LogP contribution in [0.25, 0.3) is 33.1 Å². The molecule has 1 aromatic carbocycles.